The van der Waals surface area contributed by atoms with Crippen LogP contribution in [-0.2, 0) is 9.59 Å². The molecule has 0 heterocycles. The molecule has 3 N–H and O–H groups in total. The molecule has 0 aliphatic rings. The monoisotopic (exact) mass is 177 g/mol. The Bertz CT molecular complexity index is 116. The first-order valence-corrected chi connectivity index (χ1v) is 1.49. The van der Waals surface area contributed by atoms with Gasteiger partial charge in [-0.25, -0.2) is 9.59 Å². The summed E-state index contributed by atoms with van der Waals surface area (Å²) in [5, 5.41) is 22.7. The van der Waals surface area contributed by atoms with Gasteiger partial charge in [-0.05, 0) is 0 Å². The molecule has 0 aromatic carbocycles. The van der Waals surface area contributed by atoms with Crippen LogP contribution in [0.4, 0.5) is 0 Å². The van der Waals surface area contributed by atoms with Crippen LogP contribution in [0.1, 0.15) is 1.43 Å². The van der Waals surface area contributed by atoms with E-state index in [1.54, 1.807) is 0 Å². The van der Waals surface area contributed by atoms with Gasteiger partial charge in [0, 0.05) is 0 Å². The summed E-state index contributed by atoms with van der Waals surface area (Å²) in [7, 11) is 0. The van der Waals surface area contributed by atoms with Crippen LogP contribution in [-0.4, -0.2) is 27.4 Å². The molecule has 0 saturated heterocycles. The molecule has 0 aliphatic carbocycles. The van der Waals surface area contributed by atoms with Crippen molar-refractivity contribution >= 4 is 11.9 Å². The van der Waals surface area contributed by atoms with Crippen molar-refractivity contribution < 1.29 is 77.8 Å². The van der Waals surface area contributed by atoms with Crippen molar-refractivity contribution in [3.63, 3.8) is 0 Å². The summed E-state index contributed by atoms with van der Waals surface area (Å²) in [5.41, 5.74) is 0. The fraction of sp³-hybridized carbons (Fsp3) is 0. The predicted octanol–water partition coefficient (Wildman–Crippen LogP) is -3.59. The zero-order chi connectivity index (χ0) is 7.86. The van der Waals surface area contributed by atoms with E-state index in [4.69, 9.17) is 29.9 Å². The third-order valence-corrected chi connectivity index (χ3v) is 0.183. The maximum absolute atomic E-state index is 9.10. The first-order chi connectivity index (χ1) is 4.06. The van der Waals surface area contributed by atoms with Crippen molar-refractivity contribution in [2.24, 2.45) is 5.34 Å². The minimum Gasteiger partial charge on any atom is -1.00 e. The average Bonchev–Trinajstić information content (AvgIpc) is 1.68. The van der Waals surface area contributed by atoms with Crippen molar-refractivity contribution in [1.29, 1.82) is 0 Å². The van der Waals surface area contributed by atoms with Gasteiger partial charge in [0.05, 0.1) is 0 Å². The Morgan fingerprint density at radius 3 is 1.30 bits per heavy atom. The van der Waals surface area contributed by atoms with Gasteiger partial charge in [0.1, 0.15) is 0 Å². The van der Waals surface area contributed by atoms with Crippen LogP contribution in [0.3, 0.4) is 0 Å². The van der Waals surface area contributed by atoms with Crippen LogP contribution in [0, 0.1) is 4.91 Å². The zero-order valence-corrected chi connectivity index (χ0v) is 8.14. The summed E-state index contributed by atoms with van der Waals surface area (Å²) >= 11 is 0. The van der Waals surface area contributed by atoms with Gasteiger partial charge >= 0.3 is 63.3 Å². The molecule has 0 aliphatic heterocycles. The van der Waals surface area contributed by atoms with E-state index in [0.29, 0.717) is 0 Å². The van der Waals surface area contributed by atoms with Crippen molar-refractivity contribution in [1.82, 2.24) is 0 Å². The third-order valence-electron chi connectivity index (χ3n) is 0.183. The minimum absolute atomic E-state index is 0. The number of rotatable bonds is 0. The summed E-state index contributed by atoms with van der Waals surface area (Å²) in [6, 6.07) is 0. The molecular formula is C2H4KNO6. The SMILES string of the molecule is O=C(O)C(=O)O.O=NO.[H-].[K+]. The normalized spacial score (nSPS) is 5.60. The number of carbonyl (C=O) groups is 2. The summed E-state index contributed by atoms with van der Waals surface area (Å²) in [6.07, 6.45) is 0. The molecule has 0 unspecified atom stereocenters. The largest absolute Gasteiger partial charge is 1.00 e. The molecule has 0 aromatic heterocycles. The molecule has 0 radical (unpaired) electrons. The van der Waals surface area contributed by atoms with E-state index >= 15 is 0 Å². The Kier molecular flexibility index (Phi) is 19.4. The van der Waals surface area contributed by atoms with E-state index in [9.17, 15) is 0 Å². The molecule has 0 fully saturated rings. The molecule has 54 valence electrons. The van der Waals surface area contributed by atoms with Gasteiger partial charge in [-0.1, -0.05) is 0 Å². The van der Waals surface area contributed by atoms with Gasteiger partial charge < -0.3 is 16.8 Å². The van der Waals surface area contributed by atoms with E-state index in [1.807, 2.05) is 0 Å². The van der Waals surface area contributed by atoms with Gasteiger partial charge in [0.2, 0.25) is 0 Å². The summed E-state index contributed by atoms with van der Waals surface area (Å²) in [6.45, 7) is 0. The number of carboxylic acids is 2. The van der Waals surface area contributed by atoms with E-state index in [0.717, 1.165) is 0 Å². The second-order valence-electron chi connectivity index (χ2n) is 0.692. The van der Waals surface area contributed by atoms with E-state index in [-0.39, 0.29) is 52.8 Å². The first-order valence-electron chi connectivity index (χ1n) is 1.49. The Morgan fingerprint density at radius 1 is 1.20 bits per heavy atom. The fourth-order valence-electron chi connectivity index (χ4n) is 0. The van der Waals surface area contributed by atoms with Crippen molar-refractivity contribution in [2.75, 3.05) is 0 Å². The molecule has 0 saturated carbocycles. The zero-order valence-electron chi connectivity index (χ0n) is 6.01. The summed E-state index contributed by atoms with van der Waals surface area (Å²) in [5.74, 6) is -3.65. The van der Waals surface area contributed by atoms with Crippen LogP contribution in [0.5, 0.6) is 0 Å². The van der Waals surface area contributed by atoms with Gasteiger partial charge in [0.25, 0.3) is 0 Å². The molecule has 0 bridgehead atoms. The van der Waals surface area contributed by atoms with Crippen molar-refractivity contribution in [2.45, 2.75) is 0 Å². The van der Waals surface area contributed by atoms with E-state index in [2.05, 4.69) is 0 Å². The molecule has 0 amide bonds. The molecule has 0 aromatic rings. The molecule has 10 heavy (non-hydrogen) atoms. The van der Waals surface area contributed by atoms with Gasteiger partial charge in [0.15, 0.2) is 5.34 Å². The van der Waals surface area contributed by atoms with Gasteiger partial charge in [-0.2, -0.15) is 0 Å². The smallest absolute Gasteiger partial charge is 1.00 e. The molecule has 0 spiro atoms. The average molecular weight is 177 g/mol. The number of hydrogen-bond acceptors (Lipinski definition) is 4. The van der Waals surface area contributed by atoms with Crippen molar-refractivity contribution in [3.05, 3.63) is 4.91 Å². The number of nitrogens with zero attached hydrogens (tertiary/aromatic N) is 1. The Labute approximate surface area is 98.9 Å². The summed E-state index contributed by atoms with van der Waals surface area (Å²) < 4.78 is 0. The molecule has 0 rings (SSSR count). The second kappa shape index (κ2) is 11.7. The minimum atomic E-state index is -1.82. The first kappa shape index (κ1) is 16.5. The van der Waals surface area contributed by atoms with Crippen molar-refractivity contribution in [3.8, 4) is 0 Å². The van der Waals surface area contributed by atoms with Gasteiger partial charge in [-0.15, -0.1) is 4.91 Å². The summed E-state index contributed by atoms with van der Waals surface area (Å²) in [4.78, 5) is 26.3. The predicted molar refractivity (Wildman–Crippen MR) is 24.0 cm³/mol. The van der Waals surface area contributed by atoms with Crippen LogP contribution in [0.2, 0.25) is 0 Å². The van der Waals surface area contributed by atoms with Crippen LogP contribution in [0.25, 0.3) is 0 Å². The van der Waals surface area contributed by atoms with Crippen LogP contribution in [0.15, 0.2) is 5.34 Å². The van der Waals surface area contributed by atoms with E-state index in [1.165, 1.54) is 5.34 Å². The van der Waals surface area contributed by atoms with Crippen LogP contribution < -0.4 is 51.4 Å². The Hall–Kier alpha value is -0.0236. The fourth-order valence-corrected chi connectivity index (χ4v) is 0. The second-order valence-corrected chi connectivity index (χ2v) is 0.692. The van der Waals surface area contributed by atoms with E-state index < -0.39 is 11.9 Å². The number of hydrogen-bond donors (Lipinski definition) is 3. The quantitative estimate of drug-likeness (QED) is 0.152. The molecule has 7 nitrogen and oxygen atoms in total. The molecular weight excluding hydrogens is 173 g/mol. The number of carboxylic acid groups (broad SMARTS) is 2. The maximum atomic E-state index is 9.10. The molecule has 8 heteroatoms. The topological polar surface area (TPSA) is 124 Å². The van der Waals surface area contributed by atoms with Crippen LogP contribution >= 0.6 is 0 Å². The molecule has 0 atom stereocenters. The maximum Gasteiger partial charge on any atom is 1.00 e. The number of aliphatic carboxylic acids is 2. The standard InChI is InChI=1S/C2H2O4.K.HNO2.H/c3-1(4)2(5)6;;2-1-3;/h(H,3,4)(H,5,6);;(H,2,3);/q;+1;;-1. The van der Waals surface area contributed by atoms with Gasteiger partial charge in [-0.3, -0.25) is 0 Å². The Morgan fingerprint density at radius 2 is 1.30 bits per heavy atom. The third kappa shape index (κ3) is 24.6. The Balaban J connectivity index is -0.0000000437.